The standard InChI is InChI=1S/C15H14N4O3S/c1-9-3-4-23-14(9)7-18(2)12-6-11-10(5-13(12)19(21)22)15(20)17-8-16-11/h3-6,8H,7H2,1-2H3,(H,16,17,20). The van der Waals surface area contributed by atoms with E-state index in [2.05, 4.69) is 9.97 Å². The second-order valence-electron chi connectivity index (χ2n) is 5.23. The molecule has 3 aromatic rings. The summed E-state index contributed by atoms with van der Waals surface area (Å²) in [5, 5.41) is 13.6. The molecule has 1 aromatic carbocycles. The van der Waals surface area contributed by atoms with E-state index < -0.39 is 4.92 Å². The average Bonchev–Trinajstić information content (AvgIpc) is 2.91. The normalized spacial score (nSPS) is 10.9. The molecule has 0 amide bonds. The highest BCUT2D eigenvalue weighted by Gasteiger charge is 2.20. The monoisotopic (exact) mass is 330 g/mol. The van der Waals surface area contributed by atoms with Gasteiger partial charge in [0.2, 0.25) is 0 Å². The van der Waals surface area contributed by atoms with Crippen LogP contribution in [0.3, 0.4) is 0 Å². The second-order valence-corrected chi connectivity index (χ2v) is 6.23. The number of nitro groups is 1. The van der Waals surface area contributed by atoms with E-state index in [0.717, 1.165) is 10.4 Å². The van der Waals surface area contributed by atoms with Gasteiger partial charge in [0.15, 0.2) is 0 Å². The number of nitro benzene ring substituents is 1. The molecule has 0 fully saturated rings. The van der Waals surface area contributed by atoms with Crippen LogP contribution < -0.4 is 10.5 Å². The molecule has 23 heavy (non-hydrogen) atoms. The van der Waals surface area contributed by atoms with E-state index >= 15 is 0 Å². The Morgan fingerprint density at radius 3 is 2.87 bits per heavy atom. The molecule has 0 spiro atoms. The number of hydrogen-bond acceptors (Lipinski definition) is 6. The maximum Gasteiger partial charge on any atom is 0.293 e. The lowest BCUT2D eigenvalue weighted by Crippen LogP contribution is -2.18. The van der Waals surface area contributed by atoms with Crippen molar-refractivity contribution >= 4 is 33.6 Å². The third kappa shape index (κ3) is 2.80. The van der Waals surface area contributed by atoms with Crippen LogP contribution in [0.5, 0.6) is 0 Å². The molecule has 0 atom stereocenters. The largest absolute Gasteiger partial charge is 0.364 e. The van der Waals surface area contributed by atoms with Crippen LogP contribution in [0.1, 0.15) is 10.4 Å². The first-order valence-corrected chi connectivity index (χ1v) is 7.75. The Hall–Kier alpha value is -2.74. The van der Waals surface area contributed by atoms with Gasteiger partial charge in [-0.25, -0.2) is 4.98 Å². The summed E-state index contributed by atoms with van der Waals surface area (Å²) < 4.78 is 0. The molecule has 2 heterocycles. The Labute approximate surface area is 135 Å². The van der Waals surface area contributed by atoms with Crippen LogP contribution in [0.15, 0.2) is 34.7 Å². The molecule has 0 aliphatic heterocycles. The van der Waals surface area contributed by atoms with E-state index in [0.29, 0.717) is 17.7 Å². The van der Waals surface area contributed by atoms with Gasteiger partial charge in [0.1, 0.15) is 5.69 Å². The van der Waals surface area contributed by atoms with E-state index in [4.69, 9.17) is 0 Å². The molecule has 2 aromatic heterocycles. The Morgan fingerprint density at radius 1 is 1.43 bits per heavy atom. The van der Waals surface area contributed by atoms with Crippen molar-refractivity contribution in [3.05, 3.63) is 60.8 Å². The predicted octanol–water partition coefficient (Wildman–Crippen LogP) is 2.84. The van der Waals surface area contributed by atoms with E-state index in [1.165, 1.54) is 12.4 Å². The molecule has 118 valence electrons. The molecule has 3 rings (SSSR count). The number of nitrogens with one attached hydrogen (secondary N) is 1. The highest BCUT2D eigenvalue weighted by Crippen LogP contribution is 2.32. The molecule has 0 saturated carbocycles. The number of fused-ring (bicyclic) bond motifs is 1. The van der Waals surface area contributed by atoms with Gasteiger partial charge in [0.25, 0.3) is 11.2 Å². The Balaban J connectivity index is 2.11. The van der Waals surface area contributed by atoms with Gasteiger partial charge in [0.05, 0.1) is 28.7 Å². The number of rotatable bonds is 4. The number of nitrogens with zero attached hydrogens (tertiary/aromatic N) is 3. The number of benzene rings is 1. The van der Waals surface area contributed by atoms with Crippen molar-refractivity contribution in [2.45, 2.75) is 13.5 Å². The highest BCUT2D eigenvalue weighted by atomic mass is 32.1. The molecule has 0 bridgehead atoms. The summed E-state index contributed by atoms with van der Waals surface area (Å²) in [4.78, 5) is 32.2. The minimum absolute atomic E-state index is 0.104. The van der Waals surface area contributed by atoms with Gasteiger partial charge in [-0.15, -0.1) is 11.3 Å². The zero-order chi connectivity index (χ0) is 16.6. The molecular formula is C15H14N4O3S. The van der Waals surface area contributed by atoms with E-state index in [9.17, 15) is 14.9 Å². The lowest BCUT2D eigenvalue weighted by molar-refractivity contribution is -0.384. The van der Waals surface area contributed by atoms with Crippen molar-refractivity contribution in [2.75, 3.05) is 11.9 Å². The molecule has 0 aliphatic rings. The summed E-state index contributed by atoms with van der Waals surface area (Å²) in [5.41, 5.74) is 1.53. The first-order chi connectivity index (χ1) is 11.0. The van der Waals surface area contributed by atoms with E-state index in [-0.39, 0.29) is 16.6 Å². The van der Waals surface area contributed by atoms with Crippen molar-refractivity contribution < 1.29 is 4.92 Å². The van der Waals surface area contributed by atoms with Crippen LogP contribution in [-0.2, 0) is 6.54 Å². The van der Waals surface area contributed by atoms with Gasteiger partial charge in [0, 0.05) is 18.0 Å². The molecule has 7 nitrogen and oxygen atoms in total. The van der Waals surface area contributed by atoms with Crippen molar-refractivity contribution in [1.29, 1.82) is 0 Å². The minimum Gasteiger partial charge on any atom is -0.364 e. The van der Waals surface area contributed by atoms with Gasteiger partial charge in [-0.2, -0.15) is 0 Å². The molecular weight excluding hydrogens is 316 g/mol. The Bertz CT molecular complexity index is 947. The zero-order valence-corrected chi connectivity index (χ0v) is 13.4. The first-order valence-electron chi connectivity index (χ1n) is 6.87. The molecule has 0 aliphatic carbocycles. The molecule has 0 radical (unpaired) electrons. The quantitative estimate of drug-likeness (QED) is 0.586. The zero-order valence-electron chi connectivity index (χ0n) is 12.6. The van der Waals surface area contributed by atoms with Gasteiger partial charge >= 0.3 is 0 Å². The number of thiophene rings is 1. The van der Waals surface area contributed by atoms with Crippen LogP contribution >= 0.6 is 11.3 Å². The van der Waals surface area contributed by atoms with Crippen LogP contribution in [0.4, 0.5) is 11.4 Å². The lowest BCUT2D eigenvalue weighted by atomic mass is 10.1. The maximum absolute atomic E-state index is 11.8. The van der Waals surface area contributed by atoms with Gasteiger partial charge in [-0.05, 0) is 30.0 Å². The average molecular weight is 330 g/mol. The van der Waals surface area contributed by atoms with Crippen LogP contribution in [0, 0.1) is 17.0 Å². The third-order valence-electron chi connectivity index (χ3n) is 3.69. The second kappa shape index (κ2) is 5.81. The molecule has 0 saturated heterocycles. The number of aromatic nitrogens is 2. The van der Waals surface area contributed by atoms with Gasteiger partial charge in [-0.3, -0.25) is 14.9 Å². The molecule has 0 unspecified atom stereocenters. The van der Waals surface area contributed by atoms with Crippen molar-refractivity contribution in [3.63, 3.8) is 0 Å². The number of aromatic amines is 1. The van der Waals surface area contributed by atoms with E-state index in [1.54, 1.807) is 29.4 Å². The fraction of sp³-hybridized carbons (Fsp3) is 0.200. The number of H-pyrrole nitrogens is 1. The van der Waals surface area contributed by atoms with E-state index in [1.807, 2.05) is 18.4 Å². The summed E-state index contributed by atoms with van der Waals surface area (Å²) in [6.07, 6.45) is 1.30. The number of anilines is 1. The Morgan fingerprint density at radius 2 is 2.22 bits per heavy atom. The van der Waals surface area contributed by atoms with Crippen LogP contribution in [0.2, 0.25) is 0 Å². The summed E-state index contributed by atoms with van der Waals surface area (Å²) in [6, 6.07) is 4.89. The van der Waals surface area contributed by atoms with Gasteiger partial charge in [-0.1, -0.05) is 0 Å². The smallest absolute Gasteiger partial charge is 0.293 e. The topological polar surface area (TPSA) is 92.1 Å². The minimum atomic E-state index is -0.473. The number of aryl methyl sites for hydroxylation is 1. The van der Waals surface area contributed by atoms with Crippen LogP contribution in [0.25, 0.3) is 10.9 Å². The molecule has 8 heteroatoms. The SMILES string of the molecule is Cc1ccsc1CN(C)c1cc2nc[nH]c(=O)c2cc1[N+](=O)[O-]. The predicted molar refractivity (Wildman–Crippen MR) is 90.2 cm³/mol. The van der Waals surface area contributed by atoms with Crippen molar-refractivity contribution in [2.24, 2.45) is 0 Å². The number of hydrogen-bond donors (Lipinski definition) is 1. The first kappa shape index (κ1) is 15.2. The summed E-state index contributed by atoms with van der Waals surface area (Å²) >= 11 is 1.61. The Kier molecular flexibility index (Phi) is 3.83. The fourth-order valence-corrected chi connectivity index (χ4v) is 3.37. The third-order valence-corrected chi connectivity index (χ3v) is 4.70. The van der Waals surface area contributed by atoms with Crippen molar-refractivity contribution in [1.82, 2.24) is 9.97 Å². The maximum atomic E-state index is 11.8. The van der Waals surface area contributed by atoms with Crippen molar-refractivity contribution in [3.8, 4) is 0 Å². The van der Waals surface area contributed by atoms with Gasteiger partial charge < -0.3 is 9.88 Å². The summed E-state index contributed by atoms with van der Waals surface area (Å²) in [5.74, 6) is 0. The molecule has 1 N–H and O–H groups in total. The van der Waals surface area contributed by atoms with Crippen LogP contribution in [-0.4, -0.2) is 21.9 Å². The fourth-order valence-electron chi connectivity index (χ4n) is 2.41. The highest BCUT2D eigenvalue weighted by molar-refractivity contribution is 7.10. The lowest BCUT2D eigenvalue weighted by Gasteiger charge is -2.19. The summed E-state index contributed by atoms with van der Waals surface area (Å²) in [7, 11) is 1.79. The summed E-state index contributed by atoms with van der Waals surface area (Å²) in [6.45, 7) is 2.56.